The third-order valence-electron chi connectivity index (χ3n) is 3.85. The van der Waals surface area contributed by atoms with Crippen molar-refractivity contribution in [1.82, 2.24) is 10.6 Å². The van der Waals surface area contributed by atoms with Gasteiger partial charge in [0.25, 0.3) is 0 Å². The van der Waals surface area contributed by atoms with Crippen LogP contribution >= 0.6 is 0 Å². The average molecular weight is 342 g/mol. The van der Waals surface area contributed by atoms with E-state index in [1.165, 1.54) is 0 Å². The molecule has 0 aromatic heterocycles. The van der Waals surface area contributed by atoms with Crippen molar-refractivity contribution in [3.8, 4) is 17.2 Å². The molecule has 3 rings (SSSR count). The second-order valence-corrected chi connectivity index (χ2v) is 5.59. The molecule has 0 saturated carbocycles. The SMILES string of the molecule is CCOc1ccccc1CNC(=O)NCCc1ccc2c(c1)OCO2. The minimum Gasteiger partial charge on any atom is -0.494 e. The van der Waals surface area contributed by atoms with Crippen molar-refractivity contribution < 1.29 is 19.0 Å². The average Bonchev–Trinajstić information content (AvgIpc) is 3.09. The van der Waals surface area contributed by atoms with E-state index < -0.39 is 0 Å². The van der Waals surface area contributed by atoms with Gasteiger partial charge in [-0.15, -0.1) is 0 Å². The number of nitrogens with one attached hydrogen (secondary N) is 2. The van der Waals surface area contributed by atoms with Gasteiger partial charge >= 0.3 is 6.03 Å². The molecule has 2 aromatic rings. The van der Waals surface area contributed by atoms with Crippen LogP contribution in [0.4, 0.5) is 4.79 Å². The van der Waals surface area contributed by atoms with E-state index in [1.54, 1.807) is 0 Å². The monoisotopic (exact) mass is 342 g/mol. The van der Waals surface area contributed by atoms with Gasteiger partial charge in [0.2, 0.25) is 6.79 Å². The number of carbonyl (C=O) groups excluding carboxylic acids is 1. The Labute approximate surface area is 147 Å². The van der Waals surface area contributed by atoms with Crippen LogP contribution < -0.4 is 24.8 Å². The molecular weight excluding hydrogens is 320 g/mol. The first-order chi connectivity index (χ1) is 12.3. The largest absolute Gasteiger partial charge is 0.494 e. The predicted octanol–water partition coefficient (Wildman–Crippen LogP) is 2.86. The molecule has 6 heteroatoms. The molecule has 0 fully saturated rings. The molecule has 0 aliphatic carbocycles. The Bertz CT molecular complexity index is 733. The number of amides is 2. The molecule has 2 aromatic carbocycles. The first-order valence-electron chi connectivity index (χ1n) is 8.37. The van der Waals surface area contributed by atoms with Gasteiger partial charge in [0.15, 0.2) is 11.5 Å². The highest BCUT2D eigenvalue weighted by Gasteiger charge is 2.13. The first-order valence-corrected chi connectivity index (χ1v) is 8.37. The van der Waals surface area contributed by atoms with Crippen LogP contribution in [-0.2, 0) is 13.0 Å². The Balaban J connectivity index is 1.43. The lowest BCUT2D eigenvalue weighted by Gasteiger charge is -2.11. The second-order valence-electron chi connectivity index (χ2n) is 5.59. The molecule has 1 aliphatic heterocycles. The summed E-state index contributed by atoms with van der Waals surface area (Å²) >= 11 is 0. The lowest BCUT2D eigenvalue weighted by atomic mass is 10.1. The molecule has 1 heterocycles. The molecule has 0 radical (unpaired) electrons. The van der Waals surface area contributed by atoms with Crippen LogP contribution in [0.1, 0.15) is 18.1 Å². The van der Waals surface area contributed by atoms with Crippen molar-refractivity contribution in [3.63, 3.8) is 0 Å². The summed E-state index contributed by atoms with van der Waals surface area (Å²) in [5.74, 6) is 2.32. The summed E-state index contributed by atoms with van der Waals surface area (Å²) in [6.07, 6.45) is 0.722. The van der Waals surface area contributed by atoms with Crippen LogP contribution in [-0.4, -0.2) is 26.0 Å². The molecule has 0 spiro atoms. The maximum atomic E-state index is 12.0. The van der Waals surface area contributed by atoms with E-state index in [0.717, 1.165) is 34.8 Å². The standard InChI is InChI=1S/C19H22N2O4/c1-2-23-16-6-4-3-5-15(16)12-21-19(22)20-10-9-14-7-8-17-18(11-14)25-13-24-17/h3-8,11H,2,9-10,12-13H2,1H3,(H2,20,21,22). The van der Waals surface area contributed by atoms with Gasteiger partial charge in [-0.05, 0) is 37.1 Å². The molecule has 25 heavy (non-hydrogen) atoms. The minimum atomic E-state index is -0.202. The van der Waals surface area contributed by atoms with Crippen molar-refractivity contribution in [2.24, 2.45) is 0 Å². The van der Waals surface area contributed by atoms with E-state index in [1.807, 2.05) is 49.4 Å². The zero-order chi connectivity index (χ0) is 17.5. The number of carbonyl (C=O) groups is 1. The van der Waals surface area contributed by atoms with Crippen LogP contribution in [0.3, 0.4) is 0 Å². The summed E-state index contributed by atoms with van der Waals surface area (Å²) < 4.78 is 16.2. The summed E-state index contributed by atoms with van der Waals surface area (Å²) in [7, 11) is 0. The number of ether oxygens (including phenoxy) is 3. The van der Waals surface area contributed by atoms with Gasteiger partial charge < -0.3 is 24.8 Å². The summed E-state index contributed by atoms with van der Waals surface area (Å²) in [5.41, 5.74) is 2.04. The third-order valence-corrected chi connectivity index (χ3v) is 3.85. The van der Waals surface area contributed by atoms with Crippen molar-refractivity contribution in [2.45, 2.75) is 19.9 Å². The normalized spacial score (nSPS) is 11.9. The summed E-state index contributed by atoms with van der Waals surface area (Å²) in [4.78, 5) is 12.0. The van der Waals surface area contributed by atoms with E-state index in [9.17, 15) is 4.79 Å². The predicted molar refractivity (Wildman–Crippen MR) is 94.1 cm³/mol. The van der Waals surface area contributed by atoms with Gasteiger partial charge in [-0.2, -0.15) is 0 Å². The van der Waals surface area contributed by atoms with E-state index >= 15 is 0 Å². The number of para-hydroxylation sites is 1. The highest BCUT2D eigenvalue weighted by atomic mass is 16.7. The van der Waals surface area contributed by atoms with E-state index in [0.29, 0.717) is 19.7 Å². The van der Waals surface area contributed by atoms with Gasteiger partial charge in [0.1, 0.15) is 5.75 Å². The quantitative estimate of drug-likeness (QED) is 0.812. The number of hydrogen-bond donors (Lipinski definition) is 2. The maximum absolute atomic E-state index is 12.0. The van der Waals surface area contributed by atoms with Gasteiger partial charge in [-0.1, -0.05) is 24.3 Å². The van der Waals surface area contributed by atoms with E-state index in [2.05, 4.69) is 10.6 Å². The number of fused-ring (bicyclic) bond motifs is 1. The summed E-state index contributed by atoms with van der Waals surface area (Å²) in [6.45, 7) is 3.76. The van der Waals surface area contributed by atoms with Crippen LogP contribution in [0, 0.1) is 0 Å². The molecule has 0 saturated heterocycles. The molecule has 2 N–H and O–H groups in total. The molecule has 2 amide bonds. The topological polar surface area (TPSA) is 68.8 Å². The Morgan fingerprint density at radius 2 is 1.96 bits per heavy atom. The number of rotatable bonds is 7. The van der Waals surface area contributed by atoms with Crippen LogP contribution in [0.15, 0.2) is 42.5 Å². The molecule has 0 bridgehead atoms. The number of benzene rings is 2. The van der Waals surface area contributed by atoms with E-state index in [4.69, 9.17) is 14.2 Å². The highest BCUT2D eigenvalue weighted by Crippen LogP contribution is 2.32. The Morgan fingerprint density at radius 3 is 2.84 bits per heavy atom. The third kappa shape index (κ3) is 4.56. The van der Waals surface area contributed by atoms with Crippen molar-refractivity contribution in [2.75, 3.05) is 19.9 Å². The number of hydrogen-bond acceptors (Lipinski definition) is 4. The van der Waals surface area contributed by atoms with Crippen LogP contribution in [0.5, 0.6) is 17.2 Å². The van der Waals surface area contributed by atoms with Gasteiger partial charge in [0, 0.05) is 18.7 Å². The lowest BCUT2D eigenvalue weighted by molar-refractivity contribution is 0.174. The molecule has 1 aliphatic rings. The molecular formula is C19H22N2O4. The number of urea groups is 1. The molecule has 0 unspecified atom stereocenters. The Hall–Kier alpha value is -2.89. The highest BCUT2D eigenvalue weighted by molar-refractivity contribution is 5.73. The smallest absolute Gasteiger partial charge is 0.315 e. The van der Waals surface area contributed by atoms with Gasteiger partial charge in [-0.25, -0.2) is 4.79 Å². The zero-order valence-electron chi connectivity index (χ0n) is 14.2. The second kappa shape index (κ2) is 8.28. The van der Waals surface area contributed by atoms with Crippen molar-refractivity contribution >= 4 is 6.03 Å². The zero-order valence-corrected chi connectivity index (χ0v) is 14.2. The molecule has 0 atom stereocenters. The Morgan fingerprint density at radius 1 is 1.12 bits per heavy atom. The van der Waals surface area contributed by atoms with Gasteiger partial charge in [0.05, 0.1) is 6.61 Å². The summed E-state index contributed by atoms with van der Waals surface area (Å²) in [6, 6.07) is 13.3. The molecule has 132 valence electrons. The maximum Gasteiger partial charge on any atom is 0.315 e. The van der Waals surface area contributed by atoms with Crippen molar-refractivity contribution in [1.29, 1.82) is 0 Å². The minimum absolute atomic E-state index is 0.202. The van der Waals surface area contributed by atoms with Gasteiger partial charge in [-0.3, -0.25) is 0 Å². The van der Waals surface area contributed by atoms with Crippen LogP contribution in [0.2, 0.25) is 0 Å². The lowest BCUT2D eigenvalue weighted by Crippen LogP contribution is -2.36. The fourth-order valence-corrected chi connectivity index (χ4v) is 2.60. The Kier molecular flexibility index (Phi) is 5.61. The fourth-order valence-electron chi connectivity index (χ4n) is 2.60. The van der Waals surface area contributed by atoms with Crippen LogP contribution in [0.25, 0.3) is 0 Å². The fraction of sp³-hybridized carbons (Fsp3) is 0.316. The van der Waals surface area contributed by atoms with E-state index in [-0.39, 0.29) is 12.8 Å². The molecule has 6 nitrogen and oxygen atoms in total. The first kappa shape index (κ1) is 17.0. The summed E-state index contributed by atoms with van der Waals surface area (Å²) in [5, 5.41) is 5.71. The van der Waals surface area contributed by atoms with Crippen molar-refractivity contribution in [3.05, 3.63) is 53.6 Å².